The van der Waals surface area contributed by atoms with Gasteiger partial charge in [-0.1, -0.05) is 28.1 Å². The van der Waals surface area contributed by atoms with Gasteiger partial charge in [-0.25, -0.2) is 0 Å². The Balaban J connectivity index is 2.37. The molecule has 0 radical (unpaired) electrons. The number of nitrogens with zero attached hydrogens (tertiary/aromatic N) is 1. The van der Waals surface area contributed by atoms with Crippen LogP contribution in [0.3, 0.4) is 0 Å². The maximum absolute atomic E-state index is 3.46. The van der Waals surface area contributed by atoms with Crippen LogP contribution in [0.25, 0.3) is 0 Å². The van der Waals surface area contributed by atoms with Crippen molar-refractivity contribution in [2.45, 2.75) is 6.04 Å². The molecule has 1 atom stereocenters. The van der Waals surface area contributed by atoms with E-state index in [9.17, 15) is 0 Å². The molecule has 62 valence electrons. The lowest BCUT2D eigenvalue weighted by Gasteiger charge is -2.29. The van der Waals surface area contributed by atoms with Crippen molar-refractivity contribution < 1.29 is 0 Å². The molecule has 2 heteroatoms. The smallest absolute Gasteiger partial charge is 0.0721 e. The first kappa shape index (κ1) is 7.87. The van der Waals surface area contributed by atoms with Gasteiger partial charge in [-0.15, -0.1) is 0 Å². The van der Waals surface area contributed by atoms with Gasteiger partial charge in [0.15, 0.2) is 0 Å². The average Bonchev–Trinajstić information content (AvgIpc) is 2.04. The third kappa shape index (κ3) is 1.27. The summed E-state index contributed by atoms with van der Waals surface area (Å²) in [7, 11) is 2.09. The second-order valence-electron chi connectivity index (χ2n) is 3.01. The van der Waals surface area contributed by atoms with E-state index in [1.54, 1.807) is 0 Å². The summed E-state index contributed by atoms with van der Waals surface area (Å²) in [5, 5.41) is 0. The first-order chi connectivity index (χ1) is 5.77. The van der Waals surface area contributed by atoms with Gasteiger partial charge in [0.05, 0.1) is 6.04 Å². The van der Waals surface area contributed by atoms with Crippen molar-refractivity contribution in [3.8, 4) is 0 Å². The highest BCUT2D eigenvalue weighted by atomic mass is 79.9. The normalized spacial score (nSPS) is 26.5. The summed E-state index contributed by atoms with van der Waals surface area (Å²) in [6.07, 6.45) is 12.8. The van der Waals surface area contributed by atoms with E-state index in [4.69, 9.17) is 0 Å². The largest absolute Gasteiger partial charge is 0.370 e. The third-order valence-corrected chi connectivity index (χ3v) is 2.63. The molecule has 0 spiro atoms. The van der Waals surface area contributed by atoms with Crippen LogP contribution in [0.15, 0.2) is 46.6 Å². The highest BCUT2D eigenvalue weighted by Crippen LogP contribution is 2.25. The van der Waals surface area contributed by atoms with Gasteiger partial charge < -0.3 is 4.90 Å². The summed E-state index contributed by atoms with van der Waals surface area (Å²) >= 11 is 3.46. The maximum Gasteiger partial charge on any atom is 0.0721 e. The molecular weight excluding hydrogens is 214 g/mol. The standard InChI is InChI=1S/C10H10BrN/c1-12-6-2-3-8-7-9(11)4-5-10(8)12/h2-7,10H,1H3. The molecule has 0 aromatic carbocycles. The van der Waals surface area contributed by atoms with E-state index in [-0.39, 0.29) is 0 Å². The molecule has 2 aliphatic rings. The second-order valence-corrected chi connectivity index (χ2v) is 3.92. The van der Waals surface area contributed by atoms with Gasteiger partial charge >= 0.3 is 0 Å². The fourth-order valence-corrected chi connectivity index (χ4v) is 1.90. The zero-order chi connectivity index (χ0) is 8.55. The molecule has 0 saturated heterocycles. The second kappa shape index (κ2) is 2.94. The van der Waals surface area contributed by atoms with E-state index < -0.39 is 0 Å². The summed E-state index contributed by atoms with van der Waals surface area (Å²) in [6, 6.07) is 0.427. The van der Waals surface area contributed by atoms with Gasteiger partial charge in [-0.2, -0.15) is 0 Å². The number of allylic oxidation sites excluding steroid dienone is 4. The molecule has 0 saturated carbocycles. The molecule has 0 bridgehead atoms. The Kier molecular flexibility index (Phi) is 1.93. The highest BCUT2D eigenvalue weighted by Gasteiger charge is 2.17. The van der Waals surface area contributed by atoms with Crippen molar-refractivity contribution in [2.75, 3.05) is 7.05 Å². The Labute approximate surface area is 80.9 Å². The van der Waals surface area contributed by atoms with Crippen molar-refractivity contribution in [3.05, 3.63) is 46.6 Å². The highest BCUT2D eigenvalue weighted by molar-refractivity contribution is 9.11. The number of hydrogen-bond acceptors (Lipinski definition) is 1. The van der Waals surface area contributed by atoms with Crippen molar-refractivity contribution in [1.82, 2.24) is 4.90 Å². The Morgan fingerprint density at radius 2 is 2.33 bits per heavy atom. The topological polar surface area (TPSA) is 3.24 Å². The predicted octanol–water partition coefficient (Wildman–Crippen LogP) is 2.59. The van der Waals surface area contributed by atoms with Gasteiger partial charge in [0, 0.05) is 11.5 Å². The summed E-state index contributed by atoms with van der Waals surface area (Å²) < 4.78 is 1.15. The number of likely N-dealkylation sites (N-methyl/N-ethyl adjacent to an activating group) is 1. The lowest BCUT2D eigenvalue weighted by molar-refractivity contribution is 0.421. The summed E-state index contributed by atoms with van der Waals surface area (Å²) in [5.41, 5.74) is 1.34. The van der Waals surface area contributed by atoms with E-state index in [1.165, 1.54) is 5.57 Å². The fourth-order valence-electron chi connectivity index (χ4n) is 1.49. The predicted molar refractivity (Wildman–Crippen MR) is 54.9 cm³/mol. The number of rotatable bonds is 0. The number of hydrogen-bond donors (Lipinski definition) is 0. The van der Waals surface area contributed by atoms with Crippen molar-refractivity contribution in [2.24, 2.45) is 0 Å². The summed E-state index contributed by atoms with van der Waals surface area (Å²) in [4.78, 5) is 2.20. The lowest BCUT2D eigenvalue weighted by atomic mass is 9.99. The minimum Gasteiger partial charge on any atom is -0.370 e. The molecule has 1 aliphatic carbocycles. The zero-order valence-electron chi connectivity index (χ0n) is 6.87. The van der Waals surface area contributed by atoms with Crippen LogP contribution < -0.4 is 0 Å². The van der Waals surface area contributed by atoms with Gasteiger partial charge in [-0.05, 0) is 30.0 Å². The molecule has 1 unspecified atom stereocenters. The van der Waals surface area contributed by atoms with Gasteiger partial charge in [0.25, 0.3) is 0 Å². The molecule has 1 aliphatic heterocycles. The van der Waals surface area contributed by atoms with Gasteiger partial charge in [-0.3, -0.25) is 0 Å². The first-order valence-electron chi connectivity index (χ1n) is 3.93. The molecule has 1 heterocycles. The maximum atomic E-state index is 3.46. The Morgan fingerprint density at radius 1 is 1.50 bits per heavy atom. The Hall–Kier alpha value is -0.760. The number of halogens is 1. The van der Waals surface area contributed by atoms with E-state index in [2.05, 4.69) is 64.5 Å². The molecule has 0 aromatic rings. The monoisotopic (exact) mass is 223 g/mol. The van der Waals surface area contributed by atoms with Crippen LogP contribution in [0.1, 0.15) is 0 Å². The SMILES string of the molecule is CN1C=CC=C2C=C(Br)C=CC21. The van der Waals surface area contributed by atoms with Crippen LogP contribution in [-0.2, 0) is 0 Å². The number of fused-ring (bicyclic) bond motifs is 1. The Morgan fingerprint density at radius 3 is 3.17 bits per heavy atom. The Bertz CT molecular complexity index is 310. The van der Waals surface area contributed by atoms with E-state index >= 15 is 0 Å². The minimum atomic E-state index is 0.427. The van der Waals surface area contributed by atoms with Crippen LogP contribution >= 0.6 is 15.9 Å². The molecule has 0 amide bonds. The van der Waals surface area contributed by atoms with E-state index in [1.807, 2.05) is 0 Å². The van der Waals surface area contributed by atoms with Crippen LogP contribution in [0.5, 0.6) is 0 Å². The van der Waals surface area contributed by atoms with Crippen LogP contribution in [-0.4, -0.2) is 18.0 Å². The van der Waals surface area contributed by atoms with Crippen LogP contribution in [0, 0.1) is 0 Å². The minimum absolute atomic E-state index is 0.427. The molecule has 0 aromatic heterocycles. The third-order valence-electron chi connectivity index (χ3n) is 2.13. The fraction of sp³-hybridized carbons (Fsp3) is 0.200. The quantitative estimate of drug-likeness (QED) is 0.611. The van der Waals surface area contributed by atoms with Crippen molar-refractivity contribution in [3.63, 3.8) is 0 Å². The molecule has 1 nitrogen and oxygen atoms in total. The lowest BCUT2D eigenvalue weighted by Crippen LogP contribution is -2.29. The molecule has 2 rings (SSSR count). The summed E-state index contributed by atoms with van der Waals surface area (Å²) in [5.74, 6) is 0. The molecule has 0 N–H and O–H groups in total. The van der Waals surface area contributed by atoms with Crippen LogP contribution in [0.4, 0.5) is 0 Å². The van der Waals surface area contributed by atoms with Crippen molar-refractivity contribution >= 4 is 15.9 Å². The molecular formula is C10H10BrN. The van der Waals surface area contributed by atoms with E-state index in [0.717, 1.165) is 4.48 Å². The zero-order valence-corrected chi connectivity index (χ0v) is 8.45. The summed E-state index contributed by atoms with van der Waals surface area (Å²) in [6.45, 7) is 0. The van der Waals surface area contributed by atoms with Crippen LogP contribution in [0.2, 0.25) is 0 Å². The first-order valence-corrected chi connectivity index (χ1v) is 4.72. The average molecular weight is 224 g/mol. The van der Waals surface area contributed by atoms with Gasteiger partial charge in [0.1, 0.15) is 0 Å². The molecule has 0 fully saturated rings. The van der Waals surface area contributed by atoms with Crippen molar-refractivity contribution in [1.29, 1.82) is 0 Å². The van der Waals surface area contributed by atoms with Gasteiger partial charge in [0.2, 0.25) is 0 Å². The molecule has 12 heavy (non-hydrogen) atoms. The van der Waals surface area contributed by atoms with E-state index in [0.29, 0.717) is 6.04 Å².